The van der Waals surface area contributed by atoms with Gasteiger partial charge in [-0.1, -0.05) is 6.92 Å². The molecule has 1 atom stereocenters. The lowest BCUT2D eigenvalue weighted by Gasteiger charge is -2.28. The quantitative estimate of drug-likeness (QED) is 0.761. The highest BCUT2D eigenvalue weighted by Gasteiger charge is 2.22. The summed E-state index contributed by atoms with van der Waals surface area (Å²) in [5, 5.41) is 8.71. The predicted molar refractivity (Wildman–Crippen MR) is 110 cm³/mol. The molecule has 1 fully saturated rings. The van der Waals surface area contributed by atoms with E-state index in [2.05, 4.69) is 33.9 Å². The molecule has 0 aliphatic carbocycles. The highest BCUT2D eigenvalue weighted by molar-refractivity contribution is 7.10. The minimum atomic E-state index is 0. The Hall–Kier alpha value is -0.330. The van der Waals surface area contributed by atoms with Crippen molar-refractivity contribution in [2.24, 2.45) is 11.8 Å². The maximum absolute atomic E-state index is 12.2. The first-order valence-electron chi connectivity index (χ1n) is 8.97. The van der Waals surface area contributed by atoms with Gasteiger partial charge in [0.2, 0.25) is 5.91 Å². The monoisotopic (exact) mass is 407 g/mol. The molecule has 1 amide bonds. The smallest absolute Gasteiger partial charge is 0.220 e. The molecule has 1 aromatic rings. The fourth-order valence-electron chi connectivity index (χ4n) is 3.80. The fraction of sp³-hybridized carbons (Fsp3) is 0.722. The van der Waals surface area contributed by atoms with E-state index in [1.54, 1.807) is 4.88 Å². The minimum absolute atomic E-state index is 0. The van der Waals surface area contributed by atoms with Gasteiger partial charge in [-0.05, 0) is 61.2 Å². The molecule has 2 N–H and O–H groups in total. The number of piperidine rings is 1. The molecule has 25 heavy (non-hydrogen) atoms. The second-order valence-electron chi connectivity index (χ2n) is 7.01. The number of thiophene rings is 1. The molecule has 7 heteroatoms. The van der Waals surface area contributed by atoms with Crippen LogP contribution in [0.1, 0.15) is 36.6 Å². The van der Waals surface area contributed by atoms with Crippen LogP contribution in [-0.2, 0) is 17.8 Å². The Morgan fingerprint density at radius 3 is 2.92 bits per heavy atom. The number of amides is 1. The Morgan fingerprint density at radius 2 is 2.16 bits per heavy atom. The summed E-state index contributed by atoms with van der Waals surface area (Å²) < 4.78 is 0. The molecular formula is C18H31Cl2N3OS. The first-order valence-corrected chi connectivity index (χ1v) is 9.85. The van der Waals surface area contributed by atoms with Crippen LogP contribution < -0.4 is 10.6 Å². The van der Waals surface area contributed by atoms with E-state index in [1.807, 2.05) is 11.3 Å². The first kappa shape index (κ1) is 22.7. The molecule has 1 unspecified atom stereocenters. The predicted octanol–water partition coefficient (Wildman–Crippen LogP) is 3.09. The number of rotatable bonds is 6. The highest BCUT2D eigenvalue weighted by Crippen LogP contribution is 2.24. The van der Waals surface area contributed by atoms with Gasteiger partial charge in [0, 0.05) is 37.5 Å². The molecular weight excluding hydrogens is 377 g/mol. The minimum Gasteiger partial charge on any atom is -0.355 e. The largest absolute Gasteiger partial charge is 0.355 e. The molecule has 2 aliphatic rings. The number of halogens is 2. The van der Waals surface area contributed by atoms with Gasteiger partial charge in [-0.2, -0.15) is 0 Å². The summed E-state index contributed by atoms with van der Waals surface area (Å²) in [6, 6.07) is 2.24. The summed E-state index contributed by atoms with van der Waals surface area (Å²) in [6.45, 7) is 8.35. The lowest BCUT2D eigenvalue weighted by molar-refractivity contribution is -0.122. The van der Waals surface area contributed by atoms with Crippen molar-refractivity contribution in [3.63, 3.8) is 0 Å². The van der Waals surface area contributed by atoms with Crippen molar-refractivity contribution in [3.05, 3.63) is 21.9 Å². The van der Waals surface area contributed by atoms with Crippen LogP contribution in [0.25, 0.3) is 0 Å². The van der Waals surface area contributed by atoms with Crippen LogP contribution in [0.3, 0.4) is 0 Å². The molecule has 3 rings (SSSR count). The average Bonchev–Trinajstić information content (AvgIpc) is 3.03. The van der Waals surface area contributed by atoms with Crippen LogP contribution in [0.5, 0.6) is 0 Å². The molecule has 0 spiro atoms. The van der Waals surface area contributed by atoms with Crippen LogP contribution in [-0.4, -0.2) is 43.5 Å². The van der Waals surface area contributed by atoms with E-state index in [9.17, 15) is 4.79 Å². The Balaban J connectivity index is 0.00000156. The van der Waals surface area contributed by atoms with Crippen molar-refractivity contribution in [2.45, 2.75) is 39.2 Å². The molecule has 4 nitrogen and oxygen atoms in total. The number of carbonyl (C=O) groups is 1. The summed E-state index contributed by atoms with van der Waals surface area (Å²) in [7, 11) is 0. The normalized spacial score (nSPS) is 19.2. The number of carbonyl (C=O) groups excluding carboxylic acids is 1. The third-order valence-electron chi connectivity index (χ3n) is 5.33. The third-order valence-corrected chi connectivity index (χ3v) is 6.36. The molecule has 0 saturated carbocycles. The van der Waals surface area contributed by atoms with Crippen LogP contribution in [0.15, 0.2) is 11.4 Å². The average molecular weight is 408 g/mol. The lowest BCUT2D eigenvalue weighted by atomic mass is 9.84. The zero-order valence-electron chi connectivity index (χ0n) is 15.0. The summed E-state index contributed by atoms with van der Waals surface area (Å²) in [5.74, 6) is 1.44. The van der Waals surface area contributed by atoms with Gasteiger partial charge in [0.25, 0.3) is 0 Å². The Labute approximate surface area is 167 Å². The maximum atomic E-state index is 12.2. The second-order valence-corrected chi connectivity index (χ2v) is 8.01. The molecule has 0 bridgehead atoms. The zero-order valence-corrected chi connectivity index (χ0v) is 17.4. The molecule has 1 aromatic heterocycles. The third kappa shape index (κ3) is 6.72. The van der Waals surface area contributed by atoms with Crippen molar-refractivity contribution >= 4 is 42.1 Å². The van der Waals surface area contributed by atoms with Gasteiger partial charge in [0.05, 0.1) is 0 Å². The van der Waals surface area contributed by atoms with E-state index in [0.717, 1.165) is 45.7 Å². The highest BCUT2D eigenvalue weighted by atomic mass is 35.5. The number of fused-ring (bicyclic) bond motifs is 1. The summed E-state index contributed by atoms with van der Waals surface area (Å²) in [6.07, 6.45) is 4.27. The van der Waals surface area contributed by atoms with E-state index < -0.39 is 0 Å². The molecule has 2 aliphatic heterocycles. The van der Waals surface area contributed by atoms with Crippen molar-refractivity contribution in [3.8, 4) is 0 Å². The molecule has 144 valence electrons. The molecule has 0 radical (unpaired) electrons. The Kier molecular flexibility index (Phi) is 10.4. The second kappa shape index (κ2) is 11.4. The lowest BCUT2D eigenvalue weighted by Crippen LogP contribution is -2.38. The van der Waals surface area contributed by atoms with Crippen LogP contribution in [0.2, 0.25) is 0 Å². The maximum Gasteiger partial charge on any atom is 0.220 e. The molecule has 3 heterocycles. The van der Waals surface area contributed by atoms with Gasteiger partial charge in [-0.3, -0.25) is 9.69 Å². The van der Waals surface area contributed by atoms with Gasteiger partial charge in [0.1, 0.15) is 0 Å². The summed E-state index contributed by atoms with van der Waals surface area (Å²) in [5.41, 5.74) is 1.48. The van der Waals surface area contributed by atoms with E-state index in [4.69, 9.17) is 0 Å². The van der Waals surface area contributed by atoms with Crippen molar-refractivity contribution in [1.29, 1.82) is 0 Å². The van der Waals surface area contributed by atoms with Crippen molar-refractivity contribution in [1.82, 2.24) is 15.5 Å². The fourth-order valence-corrected chi connectivity index (χ4v) is 4.69. The van der Waals surface area contributed by atoms with Crippen molar-refractivity contribution in [2.75, 3.05) is 32.7 Å². The summed E-state index contributed by atoms with van der Waals surface area (Å²) in [4.78, 5) is 16.1. The van der Waals surface area contributed by atoms with Crippen LogP contribution in [0.4, 0.5) is 0 Å². The number of nitrogens with one attached hydrogen (secondary N) is 2. The van der Waals surface area contributed by atoms with Crippen molar-refractivity contribution < 1.29 is 4.79 Å². The van der Waals surface area contributed by atoms with Gasteiger partial charge in [-0.15, -0.1) is 36.2 Å². The van der Waals surface area contributed by atoms with Crippen LogP contribution in [0, 0.1) is 11.8 Å². The SMILES string of the molecule is CC(CC(=O)NCCN1CCc2sccc2C1)C1CCNCC1.Cl.Cl. The Bertz CT molecular complexity index is 520. The van der Waals surface area contributed by atoms with Gasteiger partial charge in [0.15, 0.2) is 0 Å². The summed E-state index contributed by atoms with van der Waals surface area (Å²) >= 11 is 1.88. The van der Waals surface area contributed by atoms with E-state index in [0.29, 0.717) is 18.3 Å². The van der Waals surface area contributed by atoms with E-state index >= 15 is 0 Å². The standard InChI is InChI=1S/C18H29N3OS.2ClH/c1-14(15-2-6-19-7-3-15)12-18(22)20-8-10-21-9-4-17-16(13-21)5-11-23-17;;/h5,11,14-15,19H,2-4,6-10,12-13H2,1H3,(H,20,22);2*1H. The van der Waals surface area contributed by atoms with Gasteiger partial charge < -0.3 is 10.6 Å². The first-order chi connectivity index (χ1) is 11.2. The molecule has 0 aromatic carbocycles. The number of hydrogen-bond acceptors (Lipinski definition) is 4. The number of nitrogens with zero attached hydrogens (tertiary/aromatic N) is 1. The van der Waals surface area contributed by atoms with Crippen LogP contribution >= 0.6 is 36.2 Å². The topological polar surface area (TPSA) is 44.4 Å². The van der Waals surface area contributed by atoms with Gasteiger partial charge in [-0.25, -0.2) is 0 Å². The van der Waals surface area contributed by atoms with E-state index in [1.165, 1.54) is 18.4 Å². The zero-order chi connectivity index (χ0) is 16.1. The van der Waals surface area contributed by atoms with E-state index in [-0.39, 0.29) is 30.7 Å². The Morgan fingerprint density at radius 1 is 1.40 bits per heavy atom. The molecule has 1 saturated heterocycles. The number of hydrogen-bond donors (Lipinski definition) is 2. The van der Waals surface area contributed by atoms with Gasteiger partial charge >= 0.3 is 0 Å².